The second-order valence-electron chi connectivity index (χ2n) is 4.42. The SMILES string of the molecule is NC(c1noc(-c2c(F)cccc2F)n1)C1CC1. The number of benzene rings is 1. The maximum Gasteiger partial charge on any atom is 0.263 e. The lowest BCUT2D eigenvalue weighted by Crippen LogP contribution is -2.13. The van der Waals surface area contributed by atoms with Crippen LogP contribution in [0.25, 0.3) is 11.5 Å². The molecule has 0 aliphatic heterocycles. The molecule has 1 aromatic carbocycles. The van der Waals surface area contributed by atoms with E-state index in [1.54, 1.807) is 0 Å². The molecule has 3 rings (SSSR count). The van der Waals surface area contributed by atoms with E-state index < -0.39 is 11.6 Å². The Balaban J connectivity index is 1.97. The van der Waals surface area contributed by atoms with Crippen LogP contribution < -0.4 is 5.73 Å². The van der Waals surface area contributed by atoms with Crippen molar-refractivity contribution in [1.82, 2.24) is 10.1 Å². The molecule has 6 heteroatoms. The Morgan fingerprint density at radius 2 is 1.94 bits per heavy atom. The minimum absolute atomic E-state index is 0.170. The van der Waals surface area contributed by atoms with Crippen molar-refractivity contribution < 1.29 is 13.3 Å². The lowest BCUT2D eigenvalue weighted by atomic mass is 10.2. The van der Waals surface area contributed by atoms with E-state index in [1.807, 2.05) is 0 Å². The van der Waals surface area contributed by atoms with Crippen molar-refractivity contribution in [1.29, 1.82) is 0 Å². The number of hydrogen-bond donors (Lipinski definition) is 1. The van der Waals surface area contributed by atoms with Crippen LogP contribution in [0, 0.1) is 17.6 Å². The lowest BCUT2D eigenvalue weighted by Gasteiger charge is -2.02. The first-order valence-corrected chi connectivity index (χ1v) is 5.70. The van der Waals surface area contributed by atoms with Crippen LogP contribution in [0.5, 0.6) is 0 Å². The van der Waals surface area contributed by atoms with Gasteiger partial charge in [-0.05, 0) is 30.9 Å². The maximum absolute atomic E-state index is 13.5. The molecule has 1 aliphatic carbocycles. The standard InChI is InChI=1S/C12H11F2N3O/c13-7-2-1-3-8(14)9(7)12-16-11(17-18-12)10(15)6-4-5-6/h1-3,6,10H,4-5,15H2. The normalized spacial score (nSPS) is 16.8. The molecule has 0 bridgehead atoms. The molecule has 1 aliphatic rings. The summed E-state index contributed by atoms with van der Waals surface area (Å²) in [5.41, 5.74) is 5.59. The van der Waals surface area contributed by atoms with E-state index in [1.165, 1.54) is 6.07 Å². The largest absolute Gasteiger partial charge is 0.334 e. The van der Waals surface area contributed by atoms with Gasteiger partial charge in [-0.25, -0.2) is 8.78 Å². The molecule has 0 radical (unpaired) electrons. The van der Waals surface area contributed by atoms with Crippen LogP contribution in [0.4, 0.5) is 8.78 Å². The third-order valence-electron chi connectivity index (χ3n) is 3.05. The van der Waals surface area contributed by atoms with Gasteiger partial charge in [0.05, 0.1) is 6.04 Å². The molecule has 1 heterocycles. The summed E-state index contributed by atoms with van der Waals surface area (Å²) >= 11 is 0. The van der Waals surface area contributed by atoms with Crippen molar-refractivity contribution in [3.8, 4) is 11.5 Å². The molecule has 2 N–H and O–H groups in total. The highest BCUT2D eigenvalue weighted by Crippen LogP contribution is 2.39. The van der Waals surface area contributed by atoms with E-state index in [0.717, 1.165) is 25.0 Å². The molecule has 1 atom stereocenters. The zero-order valence-electron chi connectivity index (χ0n) is 9.44. The van der Waals surface area contributed by atoms with Gasteiger partial charge in [0.25, 0.3) is 5.89 Å². The average Bonchev–Trinajstić information content (AvgIpc) is 3.08. The Labute approximate surface area is 102 Å². The number of aromatic nitrogens is 2. The summed E-state index contributed by atoms with van der Waals surface area (Å²) in [7, 11) is 0. The van der Waals surface area contributed by atoms with Crippen molar-refractivity contribution in [2.45, 2.75) is 18.9 Å². The summed E-state index contributed by atoms with van der Waals surface area (Å²) in [5, 5.41) is 3.69. The van der Waals surface area contributed by atoms with Gasteiger partial charge in [0.2, 0.25) is 0 Å². The van der Waals surface area contributed by atoms with E-state index in [0.29, 0.717) is 11.7 Å². The molecule has 1 fully saturated rings. The molecule has 2 aromatic rings. The van der Waals surface area contributed by atoms with Crippen molar-refractivity contribution in [2.75, 3.05) is 0 Å². The topological polar surface area (TPSA) is 64.9 Å². The fourth-order valence-corrected chi connectivity index (χ4v) is 1.84. The molecule has 1 saturated carbocycles. The minimum Gasteiger partial charge on any atom is -0.334 e. The molecule has 0 saturated heterocycles. The van der Waals surface area contributed by atoms with Gasteiger partial charge >= 0.3 is 0 Å². The molecule has 0 amide bonds. The lowest BCUT2D eigenvalue weighted by molar-refractivity contribution is 0.407. The Bertz CT molecular complexity index is 560. The molecule has 0 spiro atoms. The summed E-state index contributed by atoms with van der Waals surface area (Å²) in [4.78, 5) is 3.98. The first kappa shape index (κ1) is 11.3. The quantitative estimate of drug-likeness (QED) is 0.909. The second kappa shape index (κ2) is 4.13. The van der Waals surface area contributed by atoms with E-state index in [9.17, 15) is 8.78 Å². The van der Waals surface area contributed by atoms with Gasteiger partial charge < -0.3 is 10.3 Å². The van der Waals surface area contributed by atoms with Crippen LogP contribution in [0.1, 0.15) is 24.7 Å². The molecule has 1 unspecified atom stereocenters. The van der Waals surface area contributed by atoms with Crippen molar-refractivity contribution in [2.24, 2.45) is 11.7 Å². The van der Waals surface area contributed by atoms with E-state index in [4.69, 9.17) is 10.3 Å². The molecule has 18 heavy (non-hydrogen) atoms. The van der Waals surface area contributed by atoms with Crippen LogP contribution in [-0.2, 0) is 0 Å². The highest BCUT2D eigenvalue weighted by molar-refractivity contribution is 5.54. The van der Waals surface area contributed by atoms with Crippen molar-refractivity contribution >= 4 is 0 Å². The van der Waals surface area contributed by atoms with E-state index in [-0.39, 0.29) is 17.5 Å². The predicted molar refractivity (Wildman–Crippen MR) is 59.3 cm³/mol. The Morgan fingerprint density at radius 3 is 2.56 bits per heavy atom. The maximum atomic E-state index is 13.5. The first-order valence-electron chi connectivity index (χ1n) is 5.70. The summed E-state index contributed by atoms with van der Waals surface area (Å²) in [6, 6.07) is 3.24. The number of halogens is 2. The molecular formula is C12H11F2N3O. The van der Waals surface area contributed by atoms with Crippen molar-refractivity contribution in [3.63, 3.8) is 0 Å². The Kier molecular flexibility index (Phi) is 2.59. The van der Waals surface area contributed by atoms with Gasteiger partial charge in [0.1, 0.15) is 17.2 Å². The summed E-state index contributed by atoms with van der Waals surface area (Å²) in [6.07, 6.45) is 2.05. The van der Waals surface area contributed by atoms with E-state index >= 15 is 0 Å². The number of rotatable bonds is 3. The van der Waals surface area contributed by atoms with E-state index in [2.05, 4.69) is 10.1 Å². The van der Waals surface area contributed by atoms with Gasteiger partial charge in [-0.3, -0.25) is 0 Å². The monoisotopic (exact) mass is 251 g/mol. The Morgan fingerprint density at radius 1 is 1.28 bits per heavy atom. The summed E-state index contributed by atoms with van der Waals surface area (Å²) in [5.74, 6) is -0.983. The molecule has 94 valence electrons. The van der Waals surface area contributed by atoms with Crippen LogP contribution in [-0.4, -0.2) is 10.1 Å². The van der Waals surface area contributed by atoms with Crippen LogP contribution in [0.3, 0.4) is 0 Å². The molecule has 1 aromatic heterocycles. The van der Waals surface area contributed by atoms with Gasteiger partial charge in [-0.15, -0.1) is 0 Å². The smallest absolute Gasteiger partial charge is 0.263 e. The van der Waals surface area contributed by atoms with Crippen LogP contribution in [0.15, 0.2) is 22.7 Å². The zero-order chi connectivity index (χ0) is 12.7. The number of hydrogen-bond acceptors (Lipinski definition) is 4. The van der Waals surface area contributed by atoms with Crippen LogP contribution in [0.2, 0.25) is 0 Å². The highest BCUT2D eigenvalue weighted by atomic mass is 19.1. The Hall–Kier alpha value is -1.82. The fourth-order valence-electron chi connectivity index (χ4n) is 1.84. The summed E-state index contributed by atoms with van der Waals surface area (Å²) in [6.45, 7) is 0. The third kappa shape index (κ3) is 1.88. The minimum atomic E-state index is -0.731. The molecular weight excluding hydrogens is 240 g/mol. The molecule has 4 nitrogen and oxygen atoms in total. The van der Waals surface area contributed by atoms with Crippen LogP contribution >= 0.6 is 0 Å². The van der Waals surface area contributed by atoms with Gasteiger partial charge in [0, 0.05) is 0 Å². The second-order valence-corrected chi connectivity index (χ2v) is 4.42. The third-order valence-corrected chi connectivity index (χ3v) is 3.05. The van der Waals surface area contributed by atoms with Gasteiger partial charge in [-0.2, -0.15) is 4.98 Å². The van der Waals surface area contributed by atoms with Gasteiger partial charge in [-0.1, -0.05) is 11.2 Å². The number of nitrogens with two attached hydrogens (primary N) is 1. The fraction of sp³-hybridized carbons (Fsp3) is 0.333. The van der Waals surface area contributed by atoms with Crippen molar-refractivity contribution in [3.05, 3.63) is 35.7 Å². The first-order chi connectivity index (χ1) is 8.66. The summed E-state index contributed by atoms with van der Waals surface area (Å²) < 4.78 is 31.9. The number of nitrogens with zero attached hydrogens (tertiary/aromatic N) is 2. The zero-order valence-corrected chi connectivity index (χ0v) is 9.44. The van der Waals surface area contributed by atoms with Gasteiger partial charge in [0.15, 0.2) is 5.82 Å². The average molecular weight is 251 g/mol. The highest BCUT2D eigenvalue weighted by Gasteiger charge is 2.33. The predicted octanol–water partition coefficient (Wildman–Crippen LogP) is 2.42.